The topological polar surface area (TPSA) is 56.0 Å². The van der Waals surface area contributed by atoms with Gasteiger partial charge in [-0.3, -0.25) is 0 Å². The Morgan fingerprint density at radius 2 is 1.94 bits per heavy atom. The largest absolute Gasteiger partial charge is 0.224 e. The highest BCUT2D eigenvalue weighted by Crippen LogP contribution is 2.21. The molecule has 4 rings (SSSR count). The summed E-state index contributed by atoms with van der Waals surface area (Å²) in [6.45, 7) is 0. The summed E-state index contributed by atoms with van der Waals surface area (Å²) in [4.78, 5) is 4.46. The van der Waals surface area contributed by atoms with Gasteiger partial charge in [0.1, 0.15) is 5.52 Å². The van der Waals surface area contributed by atoms with Crippen LogP contribution in [-0.2, 0) is 0 Å². The lowest BCUT2D eigenvalue weighted by molar-refractivity contribution is 0.750. The molecule has 0 saturated carbocycles. The van der Waals surface area contributed by atoms with E-state index in [0.29, 0.717) is 5.65 Å². The van der Waals surface area contributed by atoms with Gasteiger partial charge in [0, 0.05) is 5.39 Å². The summed E-state index contributed by atoms with van der Waals surface area (Å²) >= 11 is 0. The standard InChI is InChI=1S/C12H7N5/c1-2-4-9-8(3-1)5-6-10-12(9)15-17-11(14-10)7-13-16-17/h1-7H. The van der Waals surface area contributed by atoms with Crippen LogP contribution in [0.15, 0.2) is 42.6 Å². The molecule has 2 heterocycles. The van der Waals surface area contributed by atoms with Gasteiger partial charge in [0.15, 0.2) is 5.65 Å². The number of benzene rings is 2. The highest BCUT2D eigenvalue weighted by atomic mass is 15.5. The second-order valence-corrected chi connectivity index (χ2v) is 3.85. The van der Waals surface area contributed by atoms with Crippen molar-refractivity contribution in [1.82, 2.24) is 25.0 Å². The van der Waals surface area contributed by atoms with Gasteiger partial charge in [-0.2, -0.15) is 0 Å². The summed E-state index contributed by atoms with van der Waals surface area (Å²) in [6, 6.07) is 12.1. The first-order valence-corrected chi connectivity index (χ1v) is 5.28. The van der Waals surface area contributed by atoms with E-state index in [2.05, 4.69) is 26.5 Å². The fourth-order valence-electron chi connectivity index (χ4n) is 2.03. The van der Waals surface area contributed by atoms with E-state index >= 15 is 0 Å². The maximum atomic E-state index is 4.46. The van der Waals surface area contributed by atoms with Crippen LogP contribution in [0.1, 0.15) is 0 Å². The molecule has 0 spiro atoms. The van der Waals surface area contributed by atoms with Crippen molar-refractivity contribution in [2.24, 2.45) is 0 Å². The molecule has 4 aromatic rings. The Bertz CT molecular complexity index is 849. The van der Waals surface area contributed by atoms with Crippen LogP contribution in [0.5, 0.6) is 0 Å². The molecule has 17 heavy (non-hydrogen) atoms. The van der Waals surface area contributed by atoms with Crippen LogP contribution in [0.4, 0.5) is 0 Å². The van der Waals surface area contributed by atoms with Gasteiger partial charge in [-0.05, 0) is 16.7 Å². The zero-order chi connectivity index (χ0) is 11.2. The van der Waals surface area contributed by atoms with Crippen LogP contribution >= 0.6 is 0 Å². The van der Waals surface area contributed by atoms with E-state index in [1.165, 1.54) is 4.63 Å². The molecule has 0 aliphatic carbocycles. The van der Waals surface area contributed by atoms with Gasteiger partial charge in [-0.15, -0.1) is 14.8 Å². The van der Waals surface area contributed by atoms with E-state index in [0.717, 1.165) is 21.8 Å². The van der Waals surface area contributed by atoms with Crippen molar-refractivity contribution in [3.8, 4) is 0 Å². The lowest BCUT2D eigenvalue weighted by atomic mass is 10.1. The van der Waals surface area contributed by atoms with Gasteiger partial charge in [0.05, 0.1) is 11.7 Å². The van der Waals surface area contributed by atoms with Crippen molar-refractivity contribution >= 4 is 27.5 Å². The van der Waals surface area contributed by atoms with Crippen LogP contribution in [-0.4, -0.2) is 25.0 Å². The minimum Gasteiger partial charge on any atom is -0.224 e. The maximum absolute atomic E-state index is 4.46. The van der Waals surface area contributed by atoms with Gasteiger partial charge in [-0.25, -0.2) is 4.98 Å². The number of rotatable bonds is 0. The summed E-state index contributed by atoms with van der Waals surface area (Å²) in [5, 5.41) is 14.3. The summed E-state index contributed by atoms with van der Waals surface area (Å²) in [5.41, 5.74) is 2.37. The van der Waals surface area contributed by atoms with E-state index in [1.54, 1.807) is 6.20 Å². The van der Waals surface area contributed by atoms with Gasteiger partial charge in [0.2, 0.25) is 0 Å². The molecule has 0 fully saturated rings. The van der Waals surface area contributed by atoms with E-state index in [-0.39, 0.29) is 0 Å². The maximum Gasteiger partial charge on any atom is 0.197 e. The van der Waals surface area contributed by atoms with E-state index in [4.69, 9.17) is 0 Å². The first-order chi connectivity index (χ1) is 8.42. The fraction of sp³-hybridized carbons (Fsp3) is 0. The van der Waals surface area contributed by atoms with Crippen LogP contribution in [0.3, 0.4) is 0 Å². The molecule has 80 valence electrons. The van der Waals surface area contributed by atoms with Crippen molar-refractivity contribution in [2.45, 2.75) is 0 Å². The summed E-state index contributed by atoms with van der Waals surface area (Å²) in [7, 11) is 0. The second-order valence-electron chi connectivity index (χ2n) is 3.85. The van der Waals surface area contributed by atoms with Crippen molar-refractivity contribution in [1.29, 1.82) is 0 Å². The third-order valence-electron chi connectivity index (χ3n) is 2.82. The molecule has 5 nitrogen and oxygen atoms in total. The van der Waals surface area contributed by atoms with Gasteiger partial charge in [-0.1, -0.05) is 30.3 Å². The molecule has 0 atom stereocenters. The Balaban J connectivity index is 2.30. The number of nitrogens with zero attached hydrogens (tertiary/aromatic N) is 5. The first kappa shape index (κ1) is 8.58. The van der Waals surface area contributed by atoms with Crippen LogP contribution in [0.25, 0.3) is 27.5 Å². The van der Waals surface area contributed by atoms with E-state index in [1.807, 2.05) is 30.3 Å². The lowest BCUT2D eigenvalue weighted by Gasteiger charge is -2.01. The predicted octanol–water partition coefficient (Wildman–Crippen LogP) is 1.83. The highest BCUT2D eigenvalue weighted by molar-refractivity contribution is 6.03. The molecule has 5 heteroatoms. The molecule has 0 amide bonds. The van der Waals surface area contributed by atoms with Crippen molar-refractivity contribution in [2.75, 3.05) is 0 Å². The lowest BCUT2D eigenvalue weighted by Crippen LogP contribution is -1.97. The number of fused-ring (bicyclic) bond motifs is 4. The number of hydrogen-bond donors (Lipinski definition) is 0. The van der Waals surface area contributed by atoms with Crippen molar-refractivity contribution in [3.05, 3.63) is 42.6 Å². The Morgan fingerprint density at radius 3 is 2.94 bits per heavy atom. The third-order valence-corrected chi connectivity index (χ3v) is 2.82. The average molecular weight is 221 g/mol. The molecule has 0 aliphatic rings. The average Bonchev–Trinajstić information content (AvgIpc) is 2.83. The van der Waals surface area contributed by atoms with Crippen LogP contribution < -0.4 is 0 Å². The van der Waals surface area contributed by atoms with Crippen molar-refractivity contribution in [3.63, 3.8) is 0 Å². The first-order valence-electron chi connectivity index (χ1n) is 5.28. The zero-order valence-corrected chi connectivity index (χ0v) is 8.78. The Hall–Kier alpha value is -2.56. The monoisotopic (exact) mass is 221 g/mol. The summed E-state index contributed by atoms with van der Waals surface area (Å²) in [6.07, 6.45) is 1.60. The molecule has 0 aliphatic heterocycles. The molecule has 2 aromatic heterocycles. The normalized spacial score (nSPS) is 11.5. The fourth-order valence-corrected chi connectivity index (χ4v) is 2.03. The molecular weight excluding hydrogens is 214 g/mol. The number of aromatic nitrogens is 5. The van der Waals surface area contributed by atoms with Gasteiger partial charge in [0.25, 0.3) is 0 Å². The molecule has 0 unspecified atom stereocenters. The third kappa shape index (κ3) is 1.13. The van der Waals surface area contributed by atoms with Crippen LogP contribution in [0.2, 0.25) is 0 Å². The van der Waals surface area contributed by atoms with Crippen LogP contribution in [0, 0.1) is 0 Å². The SMILES string of the molecule is c1ccc2c(c1)ccc1nc3cnnn3nc12. The Morgan fingerprint density at radius 1 is 1.00 bits per heavy atom. The Labute approximate surface area is 95.7 Å². The molecule has 2 aromatic carbocycles. The highest BCUT2D eigenvalue weighted by Gasteiger charge is 2.05. The summed E-state index contributed by atoms with van der Waals surface area (Å²) in [5.74, 6) is 0. The summed E-state index contributed by atoms with van der Waals surface area (Å²) < 4.78 is 1.45. The van der Waals surface area contributed by atoms with E-state index < -0.39 is 0 Å². The molecule has 0 radical (unpaired) electrons. The molecule has 0 saturated heterocycles. The van der Waals surface area contributed by atoms with Gasteiger partial charge < -0.3 is 0 Å². The smallest absolute Gasteiger partial charge is 0.197 e. The minimum atomic E-state index is 0.660. The predicted molar refractivity (Wildman–Crippen MR) is 63.6 cm³/mol. The number of hydrogen-bond acceptors (Lipinski definition) is 4. The molecule has 0 N–H and O–H groups in total. The van der Waals surface area contributed by atoms with E-state index in [9.17, 15) is 0 Å². The quantitative estimate of drug-likeness (QED) is 0.425. The molecular formula is C12H7N5. The van der Waals surface area contributed by atoms with Gasteiger partial charge >= 0.3 is 0 Å². The minimum absolute atomic E-state index is 0.660. The molecule has 0 bridgehead atoms. The zero-order valence-electron chi connectivity index (χ0n) is 8.78. The second kappa shape index (κ2) is 2.98. The van der Waals surface area contributed by atoms with Crippen molar-refractivity contribution < 1.29 is 0 Å². The Kier molecular flexibility index (Phi) is 1.50.